The summed E-state index contributed by atoms with van der Waals surface area (Å²) < 4.78 is 5.53. The Morgan fingerprint density at radius 3 is 2.76 bits per heavy atom. The highest BCUT2D eigenvalue weighted by atomic mass is 35.5. The number of rotatable bonds is 4. The molecule has 0 bridgehead atoms. The maximum Gasteiger partial charge on any atom is 0.325 e. The molecule has 8 heteroatoms. The van der Waals surface area contributed by atoms with Crippen molar-refractivity contribution in [2.24, 2.45) is 0 Å². The van der Waals surface area contributed by atoms with Gasteiger partial charge in [0.2, 0.25) is 0 Å². The summed E-state index contributed by atoms with van der Waals surface area (Å²) in [5.41, 5.74) is 2.23. The SMILES string of the molecule is COC(=O)CNC(=O)Nc1ccc(-c2nc3ccccc3s2)c(Cl)c1. The number of thiazole rings is 1. The second kappa shape index (κ2) is 7.50. The first kappa shape index (κ1) is 17.2. The highest BCUT2D eigenvalue weighted by molar-refractivity contribution is 7.21. The lowest BCUT2D eigenvalue weighted by atomic mass is 10.2. The van der Waals surface area contributed by atoms with E-state index in [0.717, 1.165) is 20.8 Å². The van der Waals surface area contributed by atoms with Crippen molar-refractivity contribution in [1.29, 1.82) is 0 Å². The Bertz CT molecular complexity index is 909. The Balaban J connectivity index is 1.74. The Kier molecular flexibility index (Phi) is 5.16. The van der Waals surface area contributed by atoms with Gasteiger partial charge in [-0.2, -0.15) is 0 Å². The van der Waals surface area contributed by atoms with Gasteiger partial charge in [-0.05, 0) is 30.3 Å². The predicted octanol–water partition coefficient (Wildman–Crippen LogP) is 3.91. The summed E-state index contributed by atoms with van der Waals surface area (Å²) in [6, 6.07) is 12.5. The second-order valence-electron chi connectivity index (χ2n) is 5.07. The molecule has 0 unspecified atom stereocenters. The van der Waals surface area contributed by atoms with E-state index in [0.29, 0.717) is 10.7 Å². The first-order chi connectivity index (χ1) is 12.1. The molecule has 2 amide bonds. The maximum absolute atomic E-state index is 11.7. The van der Waals surface area contributed by atoms with Gasteiger partial charge < -0.3 is 15.4 Å². The zero-order valence-corrected chi connectivity index (χ0v) is 14.8. The summed E-state index contributed by atoms with van der Waals surface area (Å²) in [6.45, 7) is -0.208. The number of para-hydroxylation sites is 1. The third-order valence-electron chi connectivity index (χ3n) is 3.37. The lowest BCUT2D eigenvalue weighted by molar-refractivity contribution is -0.139. The second-order valence-corrected chi connectivity index (χ2v) is 6.50. The lowest BCUT2D eigenvalue weighted by Crippen LogP contribution is -2.33. The number of carbonyl (C=O) groups is 2. The van der Waals surface area contributed by atoms with Crippen LogP contribution in [-0.2, 0) is 9.53 Å². The van der Waals surface area contributed by atoms with Crippen molar-refractivity contribution in [2.75, 3.05) is 19.0 Å². The fraction of sp³-hybridized carbons (Fsp3) is 0.118. The highest BCUT2D eigenvalue weighted by Crippen LogP contribution is 2.35. The number of amides is 2. The van der Waals surface area contributed by atoms with E-state index in [1.807, 2.05) is 24.3 Å². The molecule has 0 aliphatic heterocycles. The molecular formula is C17H14ClN3O3S. The van der Waals surface area contributed by atoms with Crippen LogP contribution in [0.5, 0.6) is 0 Å². The van der Waals surface area contributed by atoms with Crippen LogP contribution in [0.1, 0.15) is 0 Å². The van der Waals surface area contributed by atoms with Crippen molar-refractivity contribution >= 4 is 50.8 Å². The zero-order valence-electron chi connectivity index (χ0n) is 13.2. The zero-order chi connectivity index (χ0) is 17.8. The number of methoxy groups -OCH3 is 1. The van der Waals surface area contributed by atoms with Gasteiger partial charge in [-0.3, -0.25) is 4.79 Å². The number of carbonyl (C=O) groups excluding carboxylic acids is 2. The van der Waals surface area contributed by atoms with Crippen LogP contribution in [0.4, 0.5) is 10.5 Å². The molecule has 1 aromatic heterocycles. The number of halogens is 1. The number of anilines is 1. The fourth-order valence-electron chi connectivity index (χ4n) is 2.15. The summed E-state index contributed by atoms with van der Waals surface area (Å²) in [5, 5.41) is 6.29. The summed E-state index contributed by atoms with van der Waals surface area (Å²) in [7, 11) is 1.25. The first-order valence-electron chi connectivity index (χ1n) is 7.34. The molecule has 0 atom stereocenters. The molecule has 0 aliphatic rings. The Morgan fingerprint density at radius 1 is 1.24 bits per heavy atom. The number of benzene rings is 2. The van der Waals surface area contributed by atoms with Gasteiger partial charge in [-0.25, -0.2) is 9.78 Å². The molecule has 25 heavy (non-hydrogen) atoms. The van der Waals surface area contributed by atoms with E-state index in [-0.39, 0.29) is 6.54 Å². The molecule has 1 heterocycles. The van der Waals surface area contributed by atoms with Crippen LogP contribution in [0.15, 0.2) is 42.5 Å². The van der Waals surface area contributed by atoms with Gasteiger partial charge >= 0.3 is 12.0 Å². The average Bonchev–Trinajstić information content (AvgIpc) is 3.03. The largest absolute Gasteiger partial charge is 0.468 e. The van der Waals surface area contributed by atoms with E-state index >= 15 is 0 Å². The molecule has 0 spiro atoms. The molecule has 6 nitrogen and oxygen atoms in total. The van der Waals surface area contributed by atoms with E-state index in [2.05, 4.69) is 20.4 Å². The van der Waals surface area contributed by atoms with Gasteiger partial charge in [0.05, 0.1) is 22.3 Å². The van der Waals surface area contributed by atoms with Crippen LogP contribution in [0.25, 0.3) is 20.8 Å². The number of hydrogen-bond acceptors (Lipinski definition) is 5. The Hall–Kier alpha value is -2.64. The van der Waals surface area contributed by atoms with Crippen molar-refractivity contribution in [3.63, 3.8) is 0 Å². The number of hydrogen-bond donors (Lipinski definition) is 2. The van der Waals surface area contributed by atoms with Crippen LogP contribution in [0.3, 0.4) is 0 Å². The number of aromatic nitrogens is 1. The lowest BCUT2D eigenvalue weighted by Gasteiger charge is -2.08. The molecule has 3 aromatic rings. The number of urea groups is 1. The normalized spacial score (nSPS) is 10.5. The van der Waals surface area contributed by atoms with Crippen LogP contribution < -0.4 is 10.6 Å². The summed E-state index contributed by atoms with van der Waals surface area (Å²) in [5.74, 6) is -0.528. The van der Waals surface area contributed by atoms with Gasteiger partial charge in [-0.15, -0.1) is 11.3 Å². The molecule has 0 saturated heterocycles. The summed E-state index contributed by atoms with van der Waals surface area (Å²) >= 11 is 7.90. The summed E-state index contributed by atoms with van der Waals surface area (Å²) in [6.07, 6.45) is 0. The van der Waals surface area contributed by atoms with Gasteiger partial charge in [0.25, 0.3) is 0 Å². The van der Waals surface area contributed by atoms with Gasteiger partial charge in [0.15, 0.2) is 0 Å². The number of fused-ring (bicyclic) bond motifs is 1. The van der Waals surface area contributed by atoms with Gasteiger partial charge in [-0.1, -0.05) is 23.7 Å². The molecule has 0 fully saturated rings. The fourth-order valence-corrected chi connectivity index (χ4v) is 3.48. The molecule has 2 N–H and O–H groups in total. The first-order valence-corrected chi connectivity index (χ1v) is 8.53. The monoisotopic (exact) mass is 375 g/mol. The van der Waals surface area contributed by atoms with Crippen molar-refractivity contribution in [2.45, 2.75) is 0 Å². The van der Waals surface area contributed by atoms with Gasteiger partial charge in [0, 0.05) is 11.3 Å². The molecule has 0 saturated carbocycles. The van der Waals surface area contributed by atoms with Crippen LogP contribution in [0.2, 0.25) is 5.02 Å². The molecule has 2 aromatic carbocycles. The molecular weight excluding hydrogens is 362 g/mol. The molecule has 128 valence electrons. The quantitative estimate of drug-likeness (QED) is 0.677. The predicted molar refractivity (Wildman–Crippen MR) is 99.1 cm³/mol. The van der Waals surface area contributed by atoms with Crippen molar-refractivity contribution in [3.8, 4) is 10.6 Å². The Labute approximate surface area is 152 Å². The average molecular weight is 376 g/mol. The summed E-state index contributed by atoms with van der Waals surface area (Å²) in [4.78, 5) is 27.3. The third kappa shape index (κ3) is 4.07. The van der Waals surface area contributed by atoms with Gasteiger partial charge in [0.1, 0.15) is 11.6 Å². The van der Waals surface area contributed by atoms with Crippen molar-refractivity contribution in [1.82, 2.24) is 10.3 Å². The highest BCUT2D eigenvalue weighted by Gasteiger charge is 2.11. The van der Waals surface area contributed by atoms with Crippen molar-refractivity contribution in [3.05, 3.63) is 47.5 Å². The number of esters is 1. The van der Waals surface area contributed by atoms with Crippen molar-refractivity contribution < 1.29 is 14.3 Å². The van der Waals surface area contributed by atoms with E-state index in [1.165, 1.54) is 7.11 Å². The topological polar surface area (TPSA) is 80.3 Å². The van der Waals surface area contributed by atoms with E-state index < -0.39 is 12.0 Å². The smallest absolute Gasteiger partial charge is 0.325 e. The number of nitrogens with one attached hydrogen (secondary N) is 2. The van der Waals surface area contributed by atoms with E-state index in [1.54, 1.807) is 29.5 Å². The Morgan fingerprint density at radius 2 is 2.04 bits per heavy atom. The molecule has 0 radical (unpaired) electrons. The van der Waals surface area contributed by atoms with Crippen LogP contribution in [-0.4, -0.2) is 30.6 Å². The van der Waals surface area contributed by atoms with E-state index in [9.17, 15) is 9.59 Å². The standard InChI is InChI=1S/C17H14ClN3O3S/c1-24-15(22)9-19-17(23)20-10-6-7-11(12(18)8-10)16-21-13-4-2-3-5-14(13)25-16/h2-8H,9H2,1H3,(H2,19,20,23). The number of ether oxygens (including phenoxy) is 1. The molecule has 0 aliphatic carbocycles. The maximum atomic E-state index is 11.7. The number of nitrogens with zero attached hydrogens (tertiary/aromatic N) is 1. The van der Waals surface area contributed by atoms with E-state index in [4.69, 9.17) is 11.6 Å². The minimum Gasteiger partial charge on any atom is -0.468 e. The van der Waals surface area contributed by atoms with Crippen LogP contribution in [0, 0.1) is 0 Å². The minimum atomic E-state index is -0.528. The van der Waals surface area contributed by atoms with Crippen LogP contribution >= 0.6 is 22.9 Å². The minimum absolute atomic E-state index is 0.208. The molecule has 3 rings (SSSR count). The third-order valence-corrected chi connectivity index (χ3v) is 4.75.